The molecule has 6 heteroatoms. The van der Waals surface area contributed by atoms with Gasteiger partial charge in [0.25, 0.3) is 5.69 Å². The Kier molecular flexibility index (Phi) is 3.52. The molecule has 0 amide bonds. The van der Waals surface area contributed by atoms with Crippen LogP contribution < -0.4 is 0 Å². The van der Waals surface area contributed by atoms with Crippen LogP contribution in [0.3, 0.4) is 0 Å². The molecule has 0 bridgehead atoms. The third kappa shape index (κ3) is 2.38. The molecule has 6 nitrogen and oxygen atoms in total. The van der Waals surface area contributed by atoms with Crippen molar-refractivity contribution in [1.29, 1.82) is 0 Å². The molecule has 0 aromatic heterocycles. The van der Waals surface area contributed by atoms with E-state index in [1.54, 1.807) is 26.0 Å². The number of fused-ring (bicyclic) bond motifs is 1. The van der Waals surface area contributed by atoms with E-state index in [4.69, 9.17) is 0 Å². The van der Waals surface area contributed by atoms with Crippen LogP contribution in [0.15, 0.2) is 35.9 Å². The van der Waals surface area contributed by atoms with Crippen LogP contribution in [-0.2, 0) is 0 Å². The van der Waals surface area contributed by atoms with Crippen molar-refractivity contribution in [3.63, 3.8) is 0 Å². The van der Waals surface area contributed by atoms with Gasteiger partial charge in [0.15, 0.2) is 11.6 Å². The number of aryl methyl sites for hydroxylation is 2. The predicted molar refractivity (Wildman–Crippen MR) is 87.3 cm³/mol. The summed E-state index contributed by atoms with van der Waals surface area (Å²) in [4.78, 5) is 35.1. The molecule has 0 saturated carbocycles. The molecule has 0 spiro atoms. The van der Waals surface area contributed by atoms with Crippen LogP contribution in [-0.4, -0.2) is 21.6 Å². The summed E-state index contributed by atoms with van der Waals surface area (Å²) < 4.78 is 0. The quantitative estimate of drug-likeness (QED) is 0.395. The van der Waals surface area contributed by atoms with Crippen molar-refractivity contribution in [3.05, 3.63) is 73.8 Å². The van der Waals surface area contributed by atoms with Crippen molar-refractivity contribution in [2.24, 2.45) is 0 Å². The van der Waals surface area contributed by atoms with E-state index >= 15 is 0 Å². The first kappa shape index (κ1) is 15.6. The normalized spacial score (nSPS) is 15.0. The summed E-state index contributed by atoms with van der Waals surface area (Å²) >= 11 is 0. The molecule has 3 rings (SSSR count). The van der Waals surface area contributed by atoms with Crippen molar-refractivity contribution in [2.75, 3.05) is 0 Å². The zero-order valence-electron chi connectivity index (χ0n) is 13.0. The average Bonchev–Trinajstić information content (AvgIpc) is 2.77. The highest BCUT2D eigenvalue weighted by Crippen LogP contribution is 2.31. The van der Waals surface area contributed by atoms with Gasteiger partial charge < -0.3 is 5.11 Å². The molecule has 1 aliphatic rings. The van der Waals surface area contributed by atoms with E-state index in [1.165, 1.54) is 18.2 Å². The number of nitro benzene ring substituents is 1. The number of hydrogen-bond acceptors (Lipinski definition) is 5. The zero-order valence-corrected chi connectivity index (χ0v) is 13.0. The number of allylic oxidation sites excluding steroid dienone is 1. The minimum absolute atomic E-state index is 0.0324. The van der Waals surface area contributed by atoms with Crippen molar-refractivity contribution in [3.8, 4) is 5.75 Å². The highest BCUT2D eigenvalue weighted by atomic mass is 16.6. The fraction of sp³-hybridized carbons (Fsp3) is 0.111. The molecule has 0 fully saturated rings. The van der Waals surface area contributed by atoms with Gasteiger partial charge in [0.1, 0.15) is 5.75 Å². The van der Waals surface area contributed by atoms with Crippen LogP contribution in [0.1, 0.15) is 37.4 Å². The van der Waals surface area contributed by atoms with Gasteiger partial charge in [-0.15, -0.1) is 0 Å². The van der Waals surface area contributed by atoms with E-state index in [-0.39, 0.29) is 28.1 Å². The summed E-state index contributed by atoms with van der Waals surface area (Å²) in [7, 11) is 0. The maximum Gasteiger partial charge on any atom is 0.270 e. The second-order valence-corrected chi connectivity index (χ2v) is 5.71. The fourth-order valence-corrected chi connectivity index (χ4v) is 2.80. The molecule has 1 N–H and O–H groups in total. The third-order valence-corrected chi connectivity index (χ3v) is 4.02. The number of carbonyl (C=O) groups excluding carboxylic acids is 2. The van der Waals surface area contributed by atoms with Crippen molar-refractivity contribution in [2.45, 2.75) is 13.8 Å². The smallest absolute Gasteiger partial charge is 0.270 e. The molecule has 2 aromatic carbocycles. The highest BCUT2D eigenvalue weighted by Gasteiger charge is 2.34. The number of nitro groups is 1. The Balaban J connectivity index is 2.09. The number of ketones is 2. The van der Waals surface area contributed by atoms with E-state index in [1.807, 2.05) is 0 Å². The van der Waals surface area contributed by atoms with E-state index in [2.05, 4.69) is 0 Å². The van der Waals surface area contributed by atoms with Gasteiger partial charge in [-0.2, -0.15) is 0 Å². The van der Waals surface area contributed by atoms with Gasteiger partial charge in [-0.3, -0.25) is 19.7 Å². The lowest BCUT2D eigenvalue weighted by Gasteiger charge is -2.05. The number of rotatable bonds is 2. The first-order valence-electron chi connectivity index (χ1n) is 7.19. The summed E-state index contributed by atoms with van der Waals surface area (Å²) in [5.41, 5.74) is 1.84. The number of nitrogens with zero attached hydrogens (tertiary/aromatic N) is 1. The average molecular weight is 323 g/mol. The van der Waals surface area contributed by atoms with E-state index in [0.717, 1.165) is 6.07 Å². The van der Waals surface area contributed by atoms with E-state index < -0.39 is 16.5 Å². The molecule has 0 radical (unpaired) electrons. The van der Waals surface area contributed by atoms with Crippen molar-refractivity contribution in [1.82, 2.24) is 0 Å². The van der Waals surface area contributed by atoms with Gasteiger partial charge in [-0.05, 0) is 54.8 Å². The molecule has 0 unspecified atom stereocenters. The number of phenols is 1. The van der Waals surface area contributed by atoms with Gasteiger partial charge in [0, 0.05) is 23.3 Å². The van der Waals surface area contributed by atoms with Crippen LogP contribution in [0, 0.1) is 24.0 Å². The molecular weight excluding hydrogens is 310 g/mol. The topological polar surface area (TPSA) is 97.5 Å². The summed E-state index contributed by atoms with van der Waals surface area (Å²) in [6.45, 7) is 3.45. The Labute approximate surface area is 137 Å². The van der Waals surface area contributed by atoms with Crippen molar-refractivity contribution >= 4 is 23.3 Å². The van der Waals surface area contributed by atoms with Crippen LogP contribution in [0.2, 0.25) is 0 Å². The van der Waals surface area contributed by atoms with Gasteiger partial charge >= 0.3 is 0 Å². The number of benzene rings is 2. The van der Waals surface area contributed by atoms with Gasteiger partial charge in [-0.25, -0.2) is 0 Å². The molecular formula is C18H13NO5. The fourth-order valence-electron chi connectivity index (χ4n) is 2.80. The largest absolute Gasteiger partial charge is 0.507 e. The van der Waals surface area contributed by atoms with Crippen LogP contribution >= 0.6 is 0 Å². The molecule has 0 aliphatic heterocycles. The van der Waals surface area contributed by atoms with Gasteiger partial charge in [-0.1, -0.05) is 0 Å². The first-order valence-corrected chi connectivity index (χ1v) is 7.19. The zero-order chi connectivity index (χ0) is 17.6. The van der Waals surface area contributed by atoms with E-state index in [0.29, 0.717) is 16.7 Å². The lowest BCUT2D eigenvalue weighted by Crippen LogP contribution is -2.00. The summed E-state index contributed by atoms with van der Waals surface area (Å²) in [5.74, 6) is -0.810. The Morgan fingerprint density at radius 2 is 1.58 bits per heavy atom. The standard InChI is InChI=1S/C18H13NO5/c1-9-5-11(6-10(2)16(9)20)7-15-17(21)13-4-3-12(19(23)24)8-14(13)18(15)22/h3-8,20H,1-2H3. The Morgan fingerprint density at radius 1 is 1.00 bits per heavy atom. The molecule has 0 atom stereocenters. The van der Waals surface area contributed by atoms with Crippen LogP contribution in [0.25, 0.3) is 6.08 Å². The number of phenolic OH excluding ortho intramolecular Hbond substituents is 1. The number of aromatic hydroxyl groups is 1. The predicted octanol–water partition coefficient (Wildman–Crippen LogP) is 3.38. The number of carbonyl (C=O) groups is 2. The third-order valence-electron chi connectivity index (χ3n) is 4.02. The summed E-state index contributed by atoms with van der Waals surface area (Å²) in [6.07, 6.45) is 1.45. The second-order valence-electron chi connectivity index (χ2n) is 5.71. The lowest BCUT2D eigenvalue weighted by atomic mass is 10.0. The summed E-state index contributed by atoms with van der Waals surface area (Å²) in [5, 5.41) is 20.6. The Bertz CT molecular complexity index is 933. The molecule has 24 heavy (non-hydrogen) atoms. The molecule has 0 heterocycles. The van der Waals surface area contributed by atoms with Gasteiger partial charge in [0.05, 0.1) is 10.5 Å². The monoisotopic (exact) mass is 323 g/mol. The minimum Gasteiger partial charge on any atom is -0.507 e. The first-order chi connectivity index (χ1) is 11.3. The van der Waals surface area contributed by atoms with Gasteiger partial charge in [0.2, 0.25) is 0 Å². The van der Waals surface area contributed by atoms with Crippen LogP contribution in [0.5, 0.6) is 5.75 Å². The maximum atomic E-state index is 12.5. The Hall–Kier alpha value is -3.28. The van der Waals surface area contributed by atoms with Crippen LogP contribution in [0.4, 0.5) is 5.69 Å². The molecule has 2 aromatic rings. The minimum atomic E-state index is -0.605. The second kappa shape index (κ2) is 5.42. The number of non-ortho nitro benzene ring substituents is 1. The Morgan fingerprint density at radius 3 is 2.17 bits per heavy atom. The summed E-state index contributed by atoms with van der Waals surface area (Å²) in [6, 6.07) is 6.98. The number of hydrogen-bond donors (Lipinski definition) is 1. The van der Waals surface area contributed by atoms with E-state index in [9.17, 15) is 24.8 Å². The lowest BCUT2D eigenvalue weighted by molar-refractivity contribution is -0.384. The molecule has 1 aliphatic carbocycles. The highest BCUT2D eigenvalue weighted by molar-refractivity contribution is 6.41. The van der Waals surface area contributed by atoms with Crippen molar-refractivity contribution < 1.29 is 19.6 Å². The molecule has 0 saturated heterocycles. The molecule has 120 valence electrons. The number of Topliss-reactive ketones (excluding diaryl/α,β-unsaturated/α-hetero) is 2. The SMILES string of the molecule is Cc1cc(C=C2C(=O)c3ccc([N+](=O)[O-])cc3C2=O)cc(C)c1O. The maximum absolute atomic E-state index is 12.5.